The number of nitrogens with zero attached hydrogens (tertiary/aromatic N) is 1. The van der Waals surface area contributed by atoms with Crippen molar-refractivity contribution in [2.75, 3.05) is 7.05 Å². The van der Waals surface area contributed by atoms with Crippen molar-refractivity contribution >= 4 is 11.0 Å². The average molecular weight is 275 g/mol. The molecular weight excluding hydrogens is 261 g/mol. The highest BCUT2D eigenvalue weighted by atomic mass is 32.2. The van der Waals surface area contributed by atoms with Gasteiger partial charge in [-0.25, -0.2) is 12.9 Å². The Morgan fingerprint density at radius 1 is 1.16 bits per heavy atom. The van der Waals surface area contributed by atoms with E-state index in [-0.39, 0.29) is 5.82 Å². The van der Waals surface area contributed by atoms with E-state index >= 15 is 0 Å². The Balaban J connectivity index is 2.06. The minimum Gasteiger partial charge on any atom is -0.237 e. The summed E-state index contributed by atoms with van der Waals surface area (Å²) in [5.41, 5.74) is 3.52. The van der Waals surface area contributed by atoms with Crippen molar-refractivity contribution in [2.24, 2.45) is 0 Å². The molecule has 0 radical (unpaired) electrons. The van der Waals surface area contributed by atoms with Crippen LogP contribution in [0.3, 0.4) is 0 Å². The fourth-order valence-electron chi connectivity index (χ4n) is 2.29. The van der Waals surface area contributed by atoms with Crippen molar-refractivity contribution in [3.05, 3.63) is 53.3 Å². The smallest absolute Gasteiger partial charge is 0.127 e. The van der Waals surface area contributed by atoms with E-state index < -0.39 is 11.0 Å². The SMILES string of the molecule is Cc1ccc(-c2ccc3c(c2)CN(C)S3=O)cc1F. The van der Waals surface area contributed by atoms with Gasteiger partial charge in [0.25, 0.3) is 0 Å². The maximum atomic E-state index is 13.6. The molecule has 2 aromatic rings. The molecule has 0 bridgehead atoms. The van der Waals surface area contributed by atoms with Gasteiger partial charge in [-0.2, -0.15) is 0 Å². The molecule has 1 heterocycles. The number of halogens is 1. The molecule has 0 N–H and O–H groups in total. The number of benzene rings is 2. The third kappa shape index (κ3) is 2.11. The summed E-state index contributed by atoms with van der Waals surface area (Å²) in [4.78, 5) is 0.860. The summed E-state index contributed by atoms with van der Waals surface area (Å²) in [5.74, 6) is -0.196. The van der Waals surface area contributed by atoms with Crippen molar-refractivity contribution in [1.82, 2.24) is 4.31 Å². The maximum absolute atomic E-state index is 13.6. The highest BCUT2D eigenvalue weighted by Gasteiger charge is 2.23. The first-order valence-corrected chi connectivity index (χ1v) is 7.19. The van der Waals surface area contributed by atoms with Gasteiger partial charge in [0.15, 0.2) is 0 Å². The van der Waals surface area contributed by atoms with Crippen LogP contribution in [0.25, 0.3) is 11.1 Å². The molecule has 4 heteroatoms. The fraction of sp³-hybridized carbons (Fsp3) is 0.200. The molecule has 3 rings (SSSR count). The van der Waals surface area contributed by atoms with Gasteiger partial charge in [0.1, 0.15) is 16.8 Å². The Bertz CT molecular complexity index is 684. The predicted molar refractivity (Wildman–Crippen MR) is 74.4 cm³/mol. The third-order valence-corrected chi connectivity index (χ3v) is 4.90. The summed E-state index contributed by atoms with van der Waals surface area (Å²) in [6.07, 6.45) is 0. The summed E-state index contributed by atoms with van der Waals surface area (Å²) < 4.78 is 27.3. The third-order valence-electron chi connectivity index (χ3n) is 3.43. The summed E-state index contributed by atoms with van der Waals surface area (Å²) >= 11 is 0. The van der Waals surface area contributed by atoms with E-state index in [0.717, 1.165) is 21.6 Å². The van der Waals surface area contributed by atoms with Crippen LogP contribution in [0.2, 0.25) is 0 Å². The number of hydrogen-bond acceptors (Lipinski definition) is 1. The summed E-state index contributed by atoms with van der Waals surface area (Å²) in [6, 6.07) is 11.0. The molecule has 1 atom stereocenters. The van der Waals surface area contributed by atoms with Crippen LogP contribution in [0.5, 0.6) is 0 Å². The lowest BCUT2D eigenvalue weighted by Gasteiger charge is -2.05. The number of hydrogen-bond donors (Lipinski definition) is 0. The van der Waals surface area contributed by atoms with Crippen molar-refractivity contribution < 1.29 is 8.60 Å². The van der Waals surface area contributed by atoms with E-state index in [1.165, 1.54) is 0 Å². The Hall–Kier alpha value is -1.52. The normalized spacial score (nSPS) is 18.6. The molecule has 19 heavy (non-hydrogen) atoms. The molecule has 0 saturated carbocycles. The van der Waals surface area contributed by atoms with Gasteiger partial charge in [0, 0.05) is 13.6 Å². The van der Waals surface area contributed by atoms with Crippen LogP contribution in [0, 0.1) is 12.7 Å². The van der Waals surface area contributed by atoms with E-state index in [2.05, 4.69) is 0 Å². The first-order valence-electron chi connectivity index (χ1n) is 6.09. The molecule has 1 aliphatic heterocycles. The molecule has 0 aromatic heterocycles. The lowest BCUT2D eigenvalue weighted by atomic mass is 10.0. The second kappa shape index (κ2) is 4.54. The van der Waals surface area contributed by atoms with Crippen LogP contribution >= 0.6 is 0 Å². The lowest BCUT2D eigenvalue weighted by Crippen LogP contribution is -2.11. The van der Waals surface area contributed by atoms with Crippen LogP contribution in [-0.2, 0) is 17.5 Å². The van der Waals surface area contributed by atoms with Gasteiger partial charge in [-0.1, -0.05) is 18.2 Å². The second-order valence-corrected chi connectivity index (χ2v) is 6.38. The van der Waals surface area contributed by atoms with E-state index in [4.69, 9.17) is 0 Å². The first kappa shape index (κ1) is 12.5. The zero-order valence-electron chi connectivity index (χ0n) is 10.8. The summed E-state index contributed by atoms with van der Waals surface area (Å²) in [5, 5.41) is 0. The largest absolute Gasteiger partial charge is 0.237 e. The van der Waals surface area contributed by atoms with Crippen molar-refractivity contribution in [3.8, 4) is 11.1 Å². The molecule has 1 unspecified atom stereocenters. The van der Waals surface area contributed by atoms with Gasteiger partial charge in [0.05, 0.1) is 4.90 Å². The fourth-order valence-corrected chi connectivity index (χ4v) is 3.42. The molecule has 0 amide bonds. The van der Waals surface area contributed by atoms with Crippen LogP contribution in [-0.4, -0.2) is 15.6 Å². The van der Waals surface area contributed by atoms with Crippen LogP contribution in [0.1, 0.15) is 11.1 Å². The van der Waals surface area contributed by atoms with E-state index in [1.54, 1.807) is 23.4 Å². The monoisotopic (exact) mass is 275 g/mol. The van der Waals surface area contributed by atoms with Crippen molar-refractivity contribution in [2.45, 2.75) is 18.4 Å². The Labute approximate surface area is 114 Å². The minimum atomic E-state index is -1.06. The van der Waals surface area contributed by atoms with Crippen LogP contribution in [0.15, 0.2) is 41.3 Å². The predicted octanol–water partition coefficient (Wildman–Crippen LogP) is 3.27. The van der Waals surface area contributed by atoms with Crippen LogP contribution < -0.4 is 0 Å². The molecule has 0 saturated heterocycles. The Morgan fingerprint density at radius 3 is 2.58 bits per heavy atom. The van der Waals surface area contributed by atoms with E-state index in [0.29, 0.717) is 12.1 Å². The summed E-state index contributed by atoms with van der Waals surface area (Å²) in [6.45, 7) is 2.42. The quantitative estimate of drug-likeness (QED) is 0.782. The average Bonchev–Trinajstić information content (AvgIpc) is 2.68. The maximum Gasteiger partial charge on any atom is 0.127 e. The Kier molecular flexibility index (Phi) is 2.99. The molecule has 1 aliphatic rings. The van der Waals surface area contributed by atoms with Gasteiger partial charge in [-0.3, -0.25) is 0 Å². The number of fused-ring (bicyclic) bond motifs is 1. The van der Waals surface area contributed by atoms with Gasteiger partial charge < -0.3 is 0 Å². The second-order valence-electron chi connectivity index (χ2n) is 4.82. The first-order chi connectivity index (χ1) is 9.06. The highest BCUT2D eigenvalue weighted by Crippen LogP contribution is 2.30. The van der Waals surface area contributed by atoms with Gasteiger partial charge in [0.2, 0.25) is 0 Å². The van der Waals surface area contributed by atoms with Crippen LogP contribution in [0.4, 0.5) is 4.39 Å². The standard InChI is InChI=1S/C15H14FNOS/c1-10-3-4-12(8-14(10)16)11-5-6-15-13(7-11)9-17(2)19(15)18/h3-8H,9H2,1-2H3. The molecule has 98 valence electrons. The topological polar surface area (TPSA) is 20.3 Å². The molecule has 0 aliphatic carbocycles. The summed E-state index contributed by atoms with van der Waals surface area (Å²) in [7, 11) is 0.779. The molecule has 0 fully saturated rings. The zero-order valence-corrected chi connectivity index (χ0v) is 11.6. The molecule has 2 aromatic carbocycles. The highest BCUT2D eigenvalue weighted by molar-refractivity contribution is 7.83. The number of aryl methyl sites for hydroxylation is 1. The molecule has 2 nitrogen and oxygen atoms in total. The van der Waals surface area contributed by atoms with Crippen molar-refractivity contribution in [1.29, 1.82) is 0 Å². The zero-order chi connectivity index (χ0) is 13.6. The lowest BCUT2D eigenvalue weighted by molar-refractivity contribution is 0.541. The number of rotatable bonds is 1. The Morgan fingerprint density at radius 2 is 1.84 bits per heavy atom. The molecule has 0 spiro atoms. The minimum absolute atomic E-state index is 0.196. The van der Waals surface area contributed by atoms with Crippen molar-refractivity contribution in [3.63, 3.8) is 0 Å². The van der Waals surface area contributed by atoms with Gasteiger partial charge >= 0.3 is 0 Å². The van der Waals surface area contributed by atoms with E-state index in [1.807, 2.05) is 31.3 Å². The van der Waals surface area contributed by atoms with Gasteiger partial charge in [-0.05, 0) is 47.4 Å². The van der Waals surface area contributed by atoms with Gasteiger partial charge in [-0.15, -0.1) is 0 Å². The van der Waals surface area contributed by atoms with E-state index in [9.17, 15) is 8.60 Å². The molecular formula is C15H14FNOS.